The van der Waals surface area contributed by atoms with Gasteiger partial charge in [0.15, 0.2) is 5.82 Å². The van der Waals surface area contributed by atoms with Gasteiger partial charge in [-0.15, -0.1) is 21.5 Å². The molecule has 0 unspecified atom stereocenters. The van der Waals surface area contributed by atoms with E-state index in [0.29, 0.717) is 27.8 Å². The molecule has 144 valence electrons. The zero-order chi connectivity index (χ0) is 20.0. The molecule has 3 heterocycles. The highest BCUT2D eigenvalue weighted by molar-refractivity contribution is 7.99. The number of nitrogens with two attached hydrogens (primary N) is 1. The molecule has 0 saturated carbocycles. The van der Waals surface area contributed by atoms with Crippen molar-refractivity contribution in [1.29, 1.82) is 0 Å². The van der Waals surface area contributed by atoms with Crippen LogP contribution in [0.4, 0.5) is 4.39 Å². The zero-order valence-corrected chi connectivity index (χ0v) is 17.0. The van der Waals surface area contributed by atoms with Crippen molar-refractivity contribution in [2.75, 3.05) is 5.84 Å². The Balaban J connectivity index is 1.64. The van der Waals surface area contributed by atoms with Crippen molar-refractivity contribution in [3.63, 3.8) is 0 Å². The summed E-state index contributed by atoms with van der Waals surface area (Å²) in [5.41, 5.74) is 1.48. The van der Waals surface area contributed by atoms with Crippen LogP contribution in [0.1, 0.15) is 28.4 Å². The molecule has 4 rings (SSSR count). The number of nitrogen functional groups attached to an aromatic ring is 1. The smallest absolute Gasteiger partial charge is 0.259 e. The number of hydrogen-bond acceptors (Lipinski definition) is 7. The number of rotatable bonds is 4. The third-order valence-corrected chi connectivity index (χ3v) is 6.66. The minimum Gasteiger partial charge on any atom is -0.335 e. The van der Waals surface area contributed by atoms with Gasteiger partial charge in [-0.25, -0.2) is 14.1 Å². The second kappa shape index (κ2) is 7.02. The van der Waals surface area contributed by atoms with Gasteiger partial charge < -0.3 is 10.8 Å². The van der Waals surface area contributed by atoms with E-state index >= 15 is 0 Å². The quantitative estimate of drug-likeness (QED) is 0.389. The Kier molecular flexibility index (Phi) is 4.68. The lowest BCUT2D eigenvalue weighted by Gasteiger charge is -2.10. The summed E-state index contributed by atoms with van der Waals surface area (Å²) >= 11 is 2.84. The molecule has 10 heteroatoms. The fourth-order valence-electron chi connectivity index (χ4n) is 2.83. The average molecular weight is 417 g/mol. The largest absolute Gasteiger partial charge is 0.335 e. The maximum atomic E-state index is 13.1. The van der Waals surface area contributed by atoms with Crippen LogP contribution < -0.4 is 11.4 Å². The predicted octanol–water partition coefficient (Wildman–Crippen LogP) is 3.57. The van der Waals surface area contributed by atoms with Crippen LogP contribution in [0.3, 0.4) is 0 Å². The van der Waals surface area contributed by atoms with E-state index in [-0.39, 0.29) is 16.6 Å². The number of hydrogen-bond donors (Lipinski definition) is 2. The Morgan fingerprint density at radius 2 is 1.96 bits per heavy atom. The van der Waals surface area contributed by atoms with Gasteiger partial charge in [0.2, 0.25) is 5.16 Å². The number of fused-ring (bicyclic) bond motifs is 1. The number of aromatic amines is 1. The van der Waals surface area contributed by atoms with Crippen molar-refractivity contribution >= 4 is 33.3 Å². The van der Waals surface area contributed by atoms with Crippen molar-refractivity contribution in [1.82, 2.24) is 24.8 Å². The monoisotopic (exact) mass is 416 g/mol. The molecule has 4 aromatic rings. The van der Waals surface area contributed by atoms with Crippen molar-refractivity contribution < 1.29 is 4.39 Å². The minimum atomic E-state index is -0.334. The Bertz CT molecular complexity index is 1230. The first-order valence-corrected chi connectivity index (χ1v) is 10.2. The Morgan fingerprint density at radius 1 is 1.25 bits per heavy atom. The fourth-order valence-corrected chi connectivity index (χ4v) is 4.70. The lowest BCUT2D eigenvalue weighted by atomic mass is 10.2. The van der Waals surface area contributed by atoms with Crippen LogP contribution in [0.5, 0.6) is 0 Å². The molecule has 3 aromatic heterocycles. The maximum Gasteiger partial charge on any atom is 0.259 e. The van der Waals surface area contributed by atoms with Crippen LogP contribution in [0.25, 0.3) is 21.6 Å². The van der Waals surface area contributed by atoms with Gasteiger partial charge >= 0.3 is 0 Å². The van der Waals surface area contributed by atoms with Crippen molar-refractivity contribution in [3.05, 3.63) is 56.7 Å². The molecule has 7 nitrogen and oxygen atoms in total. The number of thioether (sulfide) groups is 1. The number of thiophene rings is 1. The van der Waals surface area contributed by atoms with Crippen LogP contribution in [0.2, 0.25) is 0 Å². The van der Waals surface area contributed by atoms with Crippen LogP contribution in [-0.2, 0) is 0 Å². The third kappa shape index (κ3) is 3.18. The van der Waals surface area contributed by atoms with Crippen molar-refractivity contribution in [2.45, 2.75) is 31.2 Å². The molecule has 1 aromatic carbocycles. The second-order valence-corrected chi connectivity index (χ2v) is 8.87. The lowest BCUT2D eigenvalue weighted by Crippen LogP contribution is -2.14. The summed E-state index contributed by atoms with van der Waals surface area (Å²) in [7, 11) is 0. The summed E-state index contributed by atoms with van der Waals surface area (Å²) in [4.78, 5) is 21.8. The van der Waals surface area contributed by atoms with Gasteiger partial charge in [-0.2, -0.15) is 0 Å². The molecule has 0 spiro atoms. The molecule has 0 fully saturated rings. The number of nitrogens with zero attached hydrogens (tertiary/aromatic N) is 4. The summed E-state index contributed by atoms with van der Waals surface area (Å²) in [6.07, 6.45) is 0. The van der Waals surface area contributed by atoms with E-state index in [4.69, 9.17) is 5.84 Å². The van der Waals surface area contributed by atoms with E-state index in [1.807, 2.05) is 20.8 Å². The summed E-state index contributed by atoms with van der Waals surface area (Å²) in [5, 5.41) is 9.13. The molecule has 3 N–H and O–H groups in total. The van der Waals surface area contributed by atoms with Crippen LogP contribution in [-0.4, -0.2) is 24.8 Å². The highest BCUT2D eigenvalue weighted by atomic mass is 32.2. The minimum absolute atomic E-state index is 0.143. The molecule has 0 amide bonds. The van der Waals surface area contributed by atoms with E-state index in [1.54, 1.807) is 12.1 Å². The molecule has 0 aliphatic heterocycles. The standard InChI is InChI=1S/C18H17FN6OS2/c1-8-9(2)27-17-13(8)16(26)21-14(22-17)10(3)28-18-24-23-15(25(18)20)11-4-6-12(19)7-5-11/h4-7,10H,20H2,1-3H3,(H,21,22,26)/t10-/m0/s1. The lowest BCUT2D eigenvalue weighted by molar-refractivity contribution is 0.628. The van der Waals surface area contributed by atoms with Crippen molar-refractivity contribution in [3.8, 4) is 11.4 Å². The van der Waals surface area contributed by atoms with Gasteiger partial charge in [0.25, 0.3) is 5.56 Å². The Morgan fingerprint density at radius 3 is 2.68 bits per heavy atom. The molecule has 0 aliphatic rings. The summed E-state index contributed by atoms with van der Waals surface area (Å²) < 4.78 is 14.5. The van der Waals surface area contributed by atoms with Gasteiger partial charge in [-0.1, -0.05) is 11.8 Å². The first kappa shape index (κ1) is 18.6. The molecule has 0 saturated heterocycles. The van der Waals surface area contributed by atoms with E-state index < -0.39 is 0 Å². The SMILES string of the molecule is Cc1sc2nc([C@H](C)Sc3nnc(-c4ccc(F)cc4)n3N)[nH]c(=O)c2c1C. The van der Waals surface area contributed by atoms with E-state index in [1.165, 1.54) is 39.9 Å². The molecule has 28 heavy (non-hydrogen) atoms. The van der Waals surface area contributed by atoms with Gasteiger partial charge in [-0.05, 0) is 50.6 Å². The highest BCUT2D eigenvalue weighted by Gasteiger charge is 2.20. The summed E-state index contributed by atoms with van der Waals surface area (Å²) in [5.74, 6) is 6.77. The molecular weight excluding hydrogens is 399 g/mol. The molecule has 1 atom stereocenters. The summed E-state index contributed by atoms with van der Waals surface area (Å²) in [6, 6.07) is 5.87. The second-order valence-electron chi connectivity index (χ2n) is 6.36. The first-order valence-electron chi connectivity index (χ1n) is 8.48. The van der Waals surface area contributed by atoms with Gasteiger partial charge in [-0.3, -0.25) is 4.79 Å². The third-order valence-electron chi connectivity index (χ3n) is 4.49. The highest BCUT2D eigenvalue weighted by Crippen LogP contribution is 2.34. The molecular formula is C18H17FN6OS2. The van der Waals surface area contributed by atoms with E-state index in [0.717, 1.165) is 15.3 Å². The number of benzene rings is 1. The molecule has 0 aliphatic carbocycles. The van der Waals surface area contributed by atoms with Gasteiger partial charge in [0.1, 0.15) is 16.5 Å². The van der Waals surface area contributed by atoms with Gasteiger partial charge in [0, 0.05) is 10.4 Å². The zero-order valence-electron chi connectivity index (χ0n) is 15.4. The molecule has 0 bridgehead atoms. The van der Waals surface area contributed by atoms with E-state index in [9.17, 15) is 9.18 Å². The van der Waals surface area contributed by atoms with Crippen LogP contribution >= 0.6 is 23.1 Å². The molecule has 0 radical (unpaired) electrons. The Hall–Kier alpha value is -2.72. The number of H-pyrrole nitrogens is 1. The number of halogens is 1. The Labute approximate surface area is 167 Å². The fraction of sp³-hybridized carbons (Fsp3) is 0.222. The van der Waals surface area contributed by atoms with Crippen molar-refractivity contribution in [2.24, 2.45) is 0 Å². The average Bonchev–Trinajstić information content (AvgIpc) is 3.16. The maximum absolute atomic E-state index is 13.1. The normalized spacial score (nSPS) is 12.6. The van der Waals surface area contributed by atoms with E-state index in [2.05, 4.69) is 20.2 Å². The first-order chi connectivity index (χ1) is 13.3. The number of nitrogens with one attached hydrogen (secondary N) is 1. The van der Waals surface area contributed by atoms with Crippen LogP contribution in [0, 0.1) is 19.7 Å². The summed E-state index contributed by atoms with van der Waals surface area (Å²) in [6.45, 7) is 5.82. The number of aromatic nitrogens is 5. The topological polar surface area (TPSA) is 102 Å². The predicted molar refractivity (Wildman–Crippen MR) is 110 cm³/mol. The van der Waals surface area contributed by atoms with Crippen LogP contribution in [0.15, 0.2) is 34.2 Å². The number of aryl methyl sites for hydroxylation is 2. The van der Waals surface area contributed by atoms with Gasteiger partial charge in [0.05, 0.1) is 10.6 Å².